The van der Waals surface area contributed by atoms with Crippen LogP contribution in [-0.2, 0) is 13.6 Å². The van der Waals surface area contributed by atoms with E-state index in [1.165, 1.54) is 0 Å². The van der Waals surface area contributed by atoms with Crippen molar-refractivity contribution in [2.24, 2.45) is 12.8 Å². The number of hydrogen-bond donors (Lipinski definition) is 1. The number of fused-ring (bicyclic) bond motifs is 3. The van der Waals surface area contributed by atoms with Gasteiger partial charge in [-0.05, 0) is 37.0 Å². The van der Waals surface area contributed by atoms with Gasteiger partial charge in [0.1, 0.15) is 16.9 Å². The predicted molar refractivity (Wildman–Crippen MR) is 122 cm³/mol. The SMILES string of the molecule is Cn1c(=O)c2c(nc(C3CCCC(N)C3)n2Cc2ccccc2C#N)c2ccccc21. The molecule has 0 aliphatic heterocycles. The van der Waals surface area contributed by atoms with E-state index in [0.717, 1.165) is 53.5 Å². The Morgan fingerprint density at radius 1 is 1.16 bits per heavy atom. The van der Waals surface area contributed by atoms with Gasteiger partial charge in [0.2, 0.25) is 0 Å². The lowest BCUT2D eigenvalue weighted by molar-refractivity contribution is 0.376. The molecule has 1 aliphatic carbocycles. The molecular weight excluding hydrogens is 386 g/mol. The first-order chi connectivity index (χ1) is 15.1. The van der Waals surface area contributed by atoms with Gasteiger partial charge in [0.05, 0.1) is 23.7 Å². The number of nitrogens with zero attached hydrogens (tertiary/aromatic N) is 4. The van der Waals surface area contributed by atoms with Gasteiger partial charge < -0.3 is 14.9 Å². The van der Waals surface area contributed by atoms with E-state index < -0.39 is 0 Å². The molecular formula is C25H25N5O. The number of nitrogens with two attached hydrogens (primary N) is 1. The van der Waals surface area contributed by atoms with Gasteiger partial charge in [-0.1, -0.05) is 42.8 Å². The first kappa shape index (κ1) is 19.5. The molecule has 1 aliphatic rings. The standard InChI is InChI=1S/C25H25N5O/c1-29-21-12-5-4-11-20(21)22-23(25(29)31)30(15-18-8-3-2-7-17(18)14-26)24(28-22)16-9-6-10-19(27)13-16/h2-5,7-8,11-12,16,19H,6,9-10,13,15,27H2,1H3. The van der Waals surface area contributed by atoms with E-state index in [0.29, 0.717) is 17.6 Å². The molecule has 4 aromatic rings. The fraction of sp³-hybridized carbons (Fsp3) is 0.320. The lowest BCUT2D eigenvalue weighted by atomic mass is 9.85. The molecule has 0 bridgehead atoms. The molecule has 2 atom stereocenters. The Kier molecular flexibility index (Phi) is 4.84. The number of aromatic nitrogens is 3. The smallest absolute Gasteiger partial charge is 0.276 e. The zero-order chi connectivity index (χ0) is 21.5. The van der Waals surface area contributed by atoms with Crippen molar-refractivity contribution in [1.29, 1.82) is 5.26 Å². The highest BCUT2D eigenvalue weighted by Gasteiger charge is 2.28. The number of hydrogen-bond acceptors (Lipinski definition) is 4. The Morgan fingerprint density at radius 3 is 2.74 bits per heavy atom. The summed E-state index contributed by atoms with van der Waals surface area (Å²) >= 11 is 0. The molecule has 2 aromatic heterocycles. The summed E-state index contributed by atoms with van der Waals surface area (Å²) in [5, 5.41) is 10.6. The summed E-state index contributed by atoms with van der Waals surface area (Å²) in [5.74, 6) is 1.11. The van der Waals surface area contributed by atoms with Gasteiger partial charge in [-0.2, -0.15) is 5.26 Å². The number of benzene rings is 2. The maximum atomic E-state index is 13.5. The maximum Gasteiger partial charge on any atom is 0.276 e. The first-order valence-corrected chi connectivity index (χ1v) is 10.8. The van der Waals surface area contributed by atoms with Crippen molar-refractivity contribution in [2.45, 2.75) is 44.2 Å². The third kappa shape index (κ3) is 3.22. The molecule has 6 nitrogen and oxygen atoms in total. The van der Waals surface area contributed by atoms with Crippen molar-refractivity contribution >= 4 is 21.9 Å². The van der Waals surface area contributed by atoms with E-state index >= 15 is 0 Å². The van der Waals surface area contributed by atoms with Gasteiger partial charge in [-0.15, -0.1) is 0 Å². The summed E-state index contributed by atoms with van der Waals surface area (Å²) in [4.78, 5) is 18.5. The van der Waals surface area contributed by atoms with Crippen molar-refractivity contribution in [3.63, 3.8) is 0 Å². The second kappa shape index (κ2) is 7.68. The molecule has 5 rings (SSSR count). The third-order valence-corrected chi connectivity index (χ3v) is 6.57. The van der Waals surface area contributed by atoms with Gasteiger partial charge in [0.25, 0.3) is 5.56 Å². The lowest BCUT2D eigenvalue weighted by Crippen LogP contribution is -2.28. The molecule has 0 amide bonds. The molecule has 1 saturated carbocycles. The summed E-state index contributed by atoms with van der Waals surface area (Å²) in [6.07, 6.45) is 3.96. The van der Waals surface area contributed by atoms with E-state index in [-0.39, 0.29) is 17.5 Å². The Labute approximate surface area is 180 Å². The van der Waals surface area contributed by atoms with Gasteiger partial charge in [0, 0.05) is 24.4 Å². The molecule has 0 saturated heterocycles. The fourth-order valence-corrected chi connectivity index (χ4v) is 4.98. The molecule has 2 heterocycles. The average molecular weight is 412 g/mol. The van der Waals surface area contributed by atoms with E-state index in [2.05, 4.69) is 6.07 Å². The largest absolute Gasteiger partial charge is 0.328 e. The summed E-state index contributed by atoms with van der Waals surface area (Å²) in [6, 6.07) is 17.9. The normalized spacial score (nSPS) is 19.0. The van der Waals surface area contributed by atoms with E-state index in [4.69, 9.17) is 10.7 Å². The fourth-order valence-electron chi connectivity index (χ4n) is 4.98. The molecule has 156 valence electrons. The van der Waals surface area contributed by atoms with E-state index in [9.17, 15) is 10.1 Å². The van der Waals surface area contributed by atoms with Crippen molar-refractivity contribution in [1.82, 2.24) is 14.1 Å². The molecule has 2 aromatic carbocycles. The quantitative estimate of drug-likeness (QED) is 0.555. The van der Waals surface area contributed by atoms with Crippen molar-refractivity contribution in [2.75, 3.05) is 0 Å². The number of para-hydroxylation sites is 1. The summed E-state index contributed by atoms with van der Waals surface area (Å²) in [5.41, 5.74) is 9.95. The Morgan fingerprint density at radius 2 is 1.94 bits per heavy atom. The van der Waals surface area contributed by atoms with Gasteiger partial charge in [-0.25, -0.2) is 4.98 Å². The minimum Gasteiger partial charge on any atom is -0.328 e. The molecule has 6 heteroatoms. The average Bonchev–Trinajstić information content (AvgIpc) is 3.17. The molecule has 31 heavy (non-hydrogen) atoms. The van der Waals surface area contributed by atoms with E-state index in [1.54, 1.807) is 11.6 Å². The number of aryl methyl sites for hydroxylation is 1. The van der Waals surface area contributed by atoms with Crippen molar-refractivity contribution < 1.29 is 0 Å². The number of imidazole rings is 1. The van der Waals surface area contributed by atoms with Gasteiger partial charge in [-0.3, -0.25) is 4.79 Å². The summed E-state index contributed by atoms with van der Waals surface area (Å²) in [7, 11) is 1.81. The van der Waals surface area contributed by atoms with Crippen molar-refractivity contribution in [3.05, 3.63) is 75.8 Å². The molecule has 0 spiro atoms. The zero-order valence-electron chi connectivity index (χ0n) is 17.6. The van der Waals surface area contributed by atoms with Crippen LogP contribution in [0.25, 0.3) is 21.9 Å². The topological polar surface area (TPSA) is 89.6 Å². The monoisotopic (exact) mass is 411 g/mol. The summed E-state index contributed by atoms with van der Waals surface area (Å²) in [6.45, 7) is 0.439. The predicted octanol–water partition coefficient (Wildman–Crippen LogP) is 3.79. The van der Waals surface area contributed by atoms with Gasteiger partial charge in [0.15, 0.2) is 0 Å². The summed E-state index contributed by atoms with van der Waals surface area (Å²) < 4.78 is 3.74. The van der Waals surface area contributed by atoms with Crippen LogP contribution in [0.15, 0.2) is 53.3 Å². The number of rotatable bonds is 3. The number of nitriles is 1. The maximum absolute atomic E-state index is 13.5. The van der Waals surface area contributed by atoms with Crippen LogP contribution in [0.1, 0.15) is 48.6 Å². The van der Waals surface area contributed by atoms with Crippen LogP contribution in [0.5, 0.6) is 0 Å². The molecule has 0 radical (unpaired) electrons. The second-order valence-electron chi connectivity index (χ2n) is 8.53. The highest BCUT2D eigenvalue weighted by Crippen LogP contribution is 2.35. The molecule has 1 fully saturated rings. The van der Waals surface area contributed by atoms with E-state index in [1.807, 2.05) is 53.1 Å². The highest BCUT2D eigenvalue weighted by atomic mass is 16.1. The van der Waals surface area contributed by atoms with Crippen LogP contribution in [0.4, 0.5) is 0 Å². The van der Waals surface area contributed by atoms with Gasteiger partial charge >= 0.3 is 0 Å². The van der Waals surface area contributed by atoms with Crippen LogP contribution in [0, 0.1) is 11.3 Å². The van der Waals surface area contributed by atoms with Crippen LogP contribution in [-0.4, -0.2) is 20.2 Å². The number of pyridine rings is 1. The van der Waals surface area contributed by atoms with Crippen molar-refractivity contribution in [3.8, 4) is 6.07 Å². The van der Waals surface area contributed by atoms with Crippen LogP contribution >= 0.6 is 0 Å². The minimum atomic E-state index is -0.0676. The Hall–Kier alpha value is -3.43. The minimum absolute atomic E-state index is 0.0676. The first-order valence-electron chi connectivity index (χ1n) is 10.8. The Bertz CT molecular complexity index is 1390. The third-order valence-electron chi connectivity index (χ3n) is 6.57. The second-order valence-corrected chi connectivity index (χ2v) is 8.53. The highest BCUT2D eigenvalue weighted by molar-refractivity contribution is 6.02. The Balaban J connectivity index is 1.81. The van der Waals surface area contributed by atoms with Crippen LogP contribution in [0.2, 0.25) is 0 Å². The zero-order valence-corrected chi connectivity index (χ0v) is 17.6. The van der Waals surface area contributed by atoms with Crippen LogP contribution < -0.4 is 11.3 Å². The molecule has 2 N–H and O–H groups in total. The molecule has 2 unspecified atom stereocenters. The lowest BCUT2D eigenvalue weighted by Gasteiger charge is -2.26. The van der Waals surface area contributed by atoms with Crippen LogP contribution in [0.3, 0.4) is 0 Å².